The summed E-state index contributed by atoms with van der Waals surface area (Å²) < 4.78 is 0. The number of para-hydroxylation sites is 1. The third-order valence-corrected chi connectivity index (χ3v) is 4.07. The molecule has 3 heteroatoms. The molecule has 2 aromatic carbocycles. The maximum Gasteiger partial charge on any atom is 0.231 e. The van der Waals surface area contributed by atoms with Crippen molar-refractivity contribution in [1.82, 2.24) is 0 Å². The molecule has 1 amide bonds. The van der Waals surface area contributed by atoms with Crippen molar-refractivity contribution in [2.45, 2.75) is 30.7 Å². The smallest absolute Gasteiger partial charge is 0.231 e. The maximum absolute atomic E-state index is 12.6. The van der Waals surface area contributed by atoms with E-state index in [0.717, 1.165) is 22.6 Å². The van der Waals surface area contributed by atoms with Crippen LogP contribution in [0.1, 0.15) is 18.1 Å². The molecule has 0 radical (unpaired) electrons. The Hall–Kier alpha value is -1.74. The number of carbonyl (C=O) groups is 1. The number of thiol groups is 1. The summed E-state index contributed by atoms with van der Waals surface area (Å²) in [6, 6.07) is 16.2. The van der Waals surface area contributed by atoms with Crippen molar-refractivity contribution in [2.24, 2.45) is 0 Å². The van der Waals surface area contributed by atoms with E-state index < -0.39 is 0 Å². The minimum absolute atomic E-state index is 0.161. The Kier molecular flexibility index (Phi) is 3.53. The number of anilines is 1. The van der Waals surface area contributed by atoms with Gasteiger partial charge in [0.25, 0.3) is 0 Å². The average Bonchev–Trinajstić information content (AvgIpc) is 2.77. The lowest BCUT2D eigenvalue weighted by molar-refractivity contribution is -0.118. The van der Waals surface area contributed by atoms with Crippen molar-refractivity contribution in [3.8, 4) is 0 Å². The van der Waals surface area contributed by atoms with E-state index >= 15 is 0 Å². The molecule has 0 saturated heterocycles. The minimum Gasteiger partial charge on any atom is -0.309 e. The highest BCUT2D eigenvalue weighted by Gasteiger charge is 2.30. The van der Waals surface area contributed by atoms with Gasteiger partial charge in [-0.3, -0.25) is 4.79 Å². The fraction of sp³-hybridized carbons (Fsp3) is 0.235. The van der Waals surface area contributed by atoms with Gasteiger partial charge in [0.2, 0.25) is 5.91 Å². The maximum atomic E-state index is 12.6. The van der Waals surface area contributed by atoms with Gasteiger partial charge < -0.3 is 4.90 Å². The van der Waals surface area contributed by atoms with Crippen LogP contribution in [0.4, 0.5) is 5.69 Å². The van der Waals surface area contributed by atoms with Crippen LogP contribution in [0, 0.1) is 0 Å². The van der Waals surface area contributed by atoms with Crippen LogP contribution in [-0.2, 0) is 17.6 Å². The van der Waals surface area contributed by atoms with Gasteiger partial charge in [-0.15, -0.1) is 12.6 Å². The number of amides is 1. The highest BCUT2D eigenvalue weighted by atomic mass is 32.1. The van der Waals surface area contributed by atoms with Crippen LogP contribution in [0.5, 0.6) is 0 Å². The number of hydrogen-bond donors (Lipinski definition) is 1. The third-order valence-electron chi connectivity index (χ3n) is 3.77. The van der Waals surface area contributed by atoms with Crippen LogP contribution < -0.4 is 4.90 Å². The molecule has 1 aliphatic rings. The van der Waals surface area contributed by atoms with Crippen LogP contribution in [-0.4, -0.2) is 11.9 Å². The quantitative estimate of drug-likeness (QED) is 0.837. The minimum atomic E-state index is 0.161. The average molecular weight is 283 g/mol. The molecule has 0 aromatic heterocycles. The van der Waals surface area contributed by atoms with E-state index in [9.17, 15) is 4.79 Å². The van der Waals surface area contributed by atoms with Crippen LogP contribution in [0.15, 0.2) is 53.4 Å². The molecule has 0 saturated carbocycles. The van der Waals surface area contributed by atoms with Crippen molar-refractivity contribution in [3.05, 3.63) is 59.7 Å². The van der Waals surface area contributed by atoms with Crippen LogP contribution in [0.25, 0.3) is 0 Å². The predicted octanol–water partition coefficient (Wildman–Crippen LogP) is 3.50. The van der Waals surface area contributed by atoms with Crippen LogP contribution >= 0.6 is 12.6 Å². The highest BCUT2D eigenvalue weighted by Crippen LogP contribution is 2.32. The van der Waals surface area contributed by atoms with Crippen LogP contribution in [0.3, 0.4) is 0 Å². The zero-order valence-electron chi connectivity index (χ0n) is 11.4. The third kappa shape index (κ3) is 2.46. The molecule has 2 nitrogen and oxygen atoms in total. The fourth-order valence-corrected chi connectivity index (χ4v) is 2.97. The first-order chi connectivity index (χ1) is 9.65. The summed E-state index contributed by atoms with van der Waals surface area (Å²) in [7, 11) is 0. The molecular weight excluding hydrogens is 266 g/mol. The predicted molar refractivity (Wildman–Crippen MR) is 84.5 cm³/mol. The molecule has 102 valence electrons. The first kappa shape index (κ1) is 13.3. The van der Waals surface area contributed by atoms with Gasteiger partial charge in [-0.25, -0.2) is 0 Å². The number of nitrogens with zero attached hydrogens (tertiary/aromatic N) is 1. The normalized spacial score (nSPS) is 17.1. The first-order valence-electron chi connectivity index (χ1n) is 6.83. The molecule has 0 N–H and O–H groups in total. The van der Waals surface area contributed by atoms with E-state index in [1.807, 2.05) is 47.4 Å². The van der Waals surface area contributed by atoms with Crippen molar-refractivity contribution in [2.75, 3.05) is 4.90 Å². The van der Waals surface area contributed by atoms with Crippen molar-refractivity contribution >= 4 is 24.2 Å². The monoisotopic (exact) mass is 283 g/mol. The Balaban J connectivity index is 1.82. The van der Waals surface area contributed by atoms with Gasteiger partial charge in [0, 0.05) is 16.6 Å². The lowest BCUT2D eigenvalue weighted by Crippen LogP contribution is -2.36. The van der Waals surface area contributed by atoms with E-state index in [1.54, 1.807) is 0 Å². The number of fused-ring (bicyclic) bond motifs is 1. The Morgan fingerprint density at radius 2 is 1.90 bits per heavy atom. The number of benzene rings is 2. The largest absolute Gasteiger partial charge is 0.309 e. The molecule has 2 aromatic rings. The molecule has 1 atom stereocenters. The highest BCUT2D eigenvalue weighted by molar-refractivity contribution is 7.80. The molecule has 0 fully saturated rings. The van der Waals surface area contributed by atoms with Crippen molar-refractivity contribution in [3.63, 3.8) is 0 Å². The van der Waals surface area contributed by atoms with Gasteiger partial charge in [-0.05, 0) is 42.7 Å². The van der Waals surface area contributed by atoms with Gasteiger partial charge in [-0.2, -0.15) is 0 Å². The zero-order chi connectivity index (χ0) is 14.1. The molecule has 0 spiro atoms. The molecular formula is C17H17NOS. The van der Waals surface area contributed by atoms with E-state index in [2.05, 4.69) is 25.6 Å². The van der Waals surface area contributed by atoms with E-state index in [4.69, 9.17) is 0 Å². The van der Waals surface area contributed by atoms with E-state index in [-0.39, 0.29) is 11.9 Å². The second-order valence-electron chi connectivity index (χ2n) is 5.29. The lowest BCUT2D eigenvalue weighted by atomic mass is 10.1. The van der Waals surface area contributed by atoms with Gasteiger partial charge in [-0.1, -0.05) is 30.3 Å². The lowest BCUT2D eigenvalue weighted by Gasteiger charge is -2.22. The number of hydrogen-bond acceptors (Lipinski definition) is 2. The molecule has 1 unspecified atom stereocenters. The van der Waals surface area contributed by atoms with Crippen LogP contribution in [0.2, 0.25) is 0 Å². The Bertz CT molecular complexity index is 636. The second kappa shape index (κ2) is 5.33. The molecule has 0 aliphatic carbocycles. The first-order valence-corrected chi connectivity index (χ1v) is 7.28. The summed E-state index contributed by atoms with van der Waals surface area (Å²) in [5.74, 6) is 0.161. The Morgan fingerprint density at radius 1 is 1.20 bits per heavy atom. The summed E-state index contributed by atoms with van der Waals surface area (Å²) >= 11 is 4.27. The molecule has 3 rings (SSSR count). The molecule has 1 heterocycles. The molecule has 1 aliphatic heterocycles. The van der Waals surface area contributed by atoms with Gasteiger partial charge in [0.1, 0.15) is 0 Å². The Morgan fingerprint density at radius 3 is 2.65 bits per heavy atom. The molecule has 0 bridgehead atoms. The summed E-state index contributed by atoms with van der Waals surface area (Å²) in [4.78, 5) is 15.4. The summed E-state index contributed by atoms with van der Waals surface area (Å²) in [6.07, 6.45) is 1.38. The SMILES string of the molecule is CC1Cc2ccccc2N1C(=O)Cc1ccc(S)cc1. The number of rotatable bonds is 2. The summed E-state index contributed by atoms with van der Waals surface area (Å²) in [6.45, 7) is 2.11. The Labute approximate surface area is 124 Å². The van der Waals surface area contributed by atoms with Crippen molar-refractivity contribution in [1.29, 1.82) is 0 Å². The number of carbonyl (C=O) groups excluding carboxylic acids is 1. The molecule has 20 heavy (non-hydrogen) atoms. The van der Waals surface area contributed by atoms with Gasteiger partial charge >= 0.3 is 0 Å². The van der Waals surface area contributed by atoms with E-state index in [0.29, 0.717) is 6.42 Å². The topological polar surface area (TPSA) is 20.3 Å². The van der Waals surface area contributed by atoms with Crippen molar-refractivity contribution < 1.29 is 4.79 Å². The van der Waals surface area contributed by atoms with E-state index in [1.165, 1.54) is 5.56 Å². The second-order valence-corrected chi connectivity index (χ2v) is 5.81. The van der Waals surface area contributed by atoms with Gasteiger partial charge in [0.05, 0.1) is 6.42 Å². The summed E-state index contributed by atoms with van der Waals surface area (Å²) in [5, 5.41) is 0. The zero-order valence-corrected chi connectivity index (χ0v) is 12.3. The standard InChI is InChI=1S/C17H17NOS/c1-12-10-14-4-2-3-5-16(14)18(12)17(19)11-13-6-8-15(20)9-7-13/h2-9,12,20H,10-11H2,1H3. The van der Waals surface area contributed by atoms with Gasteiger partial charge in [0.15, 0.2) is 0 Å². The summed E-state index contributed by atoms with van der Waals surface area (Å²) in [5.41, 5.74) is 3.36. The fourth-order valence-electron chi connectivity index (χ4n) is 2.82.